The van der Waals surface area contributed by atoms with Crippen LogP contribution in [-0.4, -0.2) is 37.2 Å². The van der Waals surface area contributed by atoms with Crippen LogP contribution in [0.1, 0.15) is 342 Å². The fourth-order valence-electron chi connectivity index (χ4n) is 9.46. The monoisotopic (exact) mass is 997 g/mol. The second-order valence-electron chi connectivity index (χ2n) is 21.3. The number of unbranched alkanes of at least 4 members (excludes halogenated alkanes) is 41. The minimum Gasteiger partial charge on any atom is -0.462 e. The summed E-state index contributed by atoms with van der Waals surface area (Å²) in [5.74, 6) is -0.869. The predicted octanol–water partition coefficient (Wildman–Crippen LogP) is 21.2. The second kappa shape index (κ2) is 60.2. The molecule has 0 radical (unpaired) electrons. The minimum atomic E-state index is -0.777. The number of carbonyl (C=O) groups excluding carboxylic acids is 3. The maximum atomic E-state index is 12.9. The van der Waals surface area contributed by atoms with Gasteiger partial charge in [0.25, 0.3) is 0 Å². The molecule has 0 fully saturated rings. The summed E-state index contributed by atoms with van der Waals surface area (Å²) in [6, 6.07) is 0. The van der Waals surface area contributed by atoms with E-state index in [2.05, 4.69) is 57.2 Å². The van der Waals surface area contributed by atoms with E-state index in [1.807, 2.05) is 0 Å². The van der Waals surface area contributed by atoms with Crippen LogP contribution in [0.2, 0.25) is 0 Å². The molecule has 0 aromatic rings. The summed E-state index contributed by atoms with van der Waals surface area (Å²) in [5.41, 5.74) is 0. The van der Waals surface area contributed by atoms with E-state index in [9.17, 15) is 14.4 Å². The van der Waals surface area contributed by atoms with Gasteiger partial charge in [-0.15, -0.1) is 0 Å². The van der Waals surface area contributed by atoms with E-state index in [1.165, 1.54) is 205 Å². The summed E-state index contributed by atoms with van der Waals surface area (Å²) >= 11 is 0. The Kier molecular flexibility index (Phi) is 58.2. The molecule has 0 aliphatic carbocycles. The van der Waals surface area contributed by atoms with Gasteiger partial charge in [0.05, 0.1) is 0 Å². The number of ether oxygens (including phenoxy) is 3. The molecule has 0 rings (SSSR count). The summed E-state index contributed by atoms with van der Waals surface area (Å²) in [6.07, 6.45) is 73.0. The fourth-order valence-corrected chi connectivity index (χ4v) is 9.46. The molecule has 0 spiro atoms. The summed E-state index contributed by atoms with van der Waals surface area (Å²) in [6.45, 7) is 6.57. The zero-order valence-corrected chi connectivity index (χ0v) is 47.8. The molecule has 0 N–H and O–H groups in total. The van der Waals surface area contributed by atoms with Gasteiger partial charge < -0.3 is 14.2 Å². The predicted molar refractivity (Wildman–Crippen MR) is 307 cm³/mol. The van der Waals surface area contributed by atoms with Gasteiger partial charge in [0, 0.05) is 19.3 Å². The first-order valence-corrected chi connectivity index (χ1v) is 31.5. The molecule has 0 aromatic heterocycles. The van der Waals surface area contributed by atoms with Crippen molar-refractivity contribution in [1.82, 2.24) is 0 Å². The number of hydrogen-bond acceptors (Lipinski definition) is 6. The Balaban J connectivity index is 4.22. The van der Waals surface area contributed by atoms with Crippen LogP contribution in [0.4, 0.5) is 0 Å². The van der Waals surface area contributed by atoms with Crippen molar-refractivity contribution in [2.75, 3.05) is 13.2 Å². The van der Waals surface area contributed by atoms with Crippen LogP contribution in [0.3, 0.4) is 0 Å². The summed E-state index contributed by atoms with van der Waals surface area (Å²) in [5, 5.41) is 0. The Bertz CT molecular complexity index is 1190. The van der Waals surface area contributed by atoms with Gasteiger partial charge >= 0.3 is 17.9 Å². The van der Waals surface area contributed by atoms with Gasteiger partial charge in [-0.2, -0.15) is 0 Å². The van der Waals surface area contributed by atoms with E-state index in [-0.39, 0.29) is 31.1 Å². The van der Waals surface area contributed by atoms with E-state index < -0.39 is 6.10 Å². The molecule has 0 bridgehead atoms. The van der Waals surface area contributed by atoms with Gasteiger partial charge in [0.2, 0.25) is 0 Å². The Morgan fingerprint density at radius 3 is 0.859 bits per heavy atom. The van der Waals surface area contributed by atoms with Crippen LogP contribution in [0.25, 0.3) is 0 Å². The number of hydrogen-bond donors (Lipinski definition) is 0. The zero-order chi connectivity index (χ0) is 51.4. The van der Waals surface area contributed by atoms with E-state index >= 15 is 0 Å². The Hall–Kier alpha value is -2.37. The molecular weight excluding hydrogens is 877 g/mol. The molecule has 0 heterocycles. The molecule has 0 amide bonds. The maximum absolute atomic E-state index is 12.9. The highest BCUT2D eigenvalue weighted by molar-refractivity contribution is 5.71. The third-order valence-corrected chi connectivity index (χ3v) is 14.2. The van der Waals surface area contributed by atoms with Crippen LogP contribution < -0.4 is 0 Å². The van der Waals surface area contributed by atoms with Crippen molar-refractivity contribution in [2.24, 2.45) is 0 Å². The van der Waals surface area contributed by atoms with Crippen molar-refractivity contribution in [1.29, 1.82) is 0 Å². The van der Waals surface area contributed by atoms with Crippen LogP contribution in [0, 0.1) is 0 Å². The van der Waals surface area contributed by atoms with Crippen molar-refractivity contribution >= 4 is 17.9 Å². The van der Waals surface area contributed by atoms with Gasteiger partial charge in [-0.3, -0.25) is 14.4 Å². The summed E-state index contributed by atoms with van der Waals surface area (Å²) < 4.78 is 16.9. The normalized spacial score (nSPS) is 12.2. The Morgan fingerprint density at radius 1 is 0.296 bits per heavy atom. The first-order chi connectivity index (χ1) is 35.0. The second-order valence-corrected chi connectivity index (χ2v) is 21.3. The number of allylic oxidation sites excluding steroid dienone is 6. The number of carbonyl (C=O) groups is 3. The average molecular weight is 998 g/mol. The highest BCUT2D eigenvalue weighted by Gasteiger charge is 2.19. The molecule has 0 aromatic carbocycles. The topological polar surface area (TPSA) is 78.9 Å². The lowest BCUT2D eigenvalue weighted by atomic mass is 10.0. The van der Waals surface area contributed by atoms with Crippen molar-refractivity contribution in [3.63, 3.8) is 0 Å². The van der Waals surface area contributed by atoms with E-state index in [0.29, 0.717) is 19.3 Å². The molecule has 6 nitrogen and oxygen atoms in total. The standard InChI is InChI=1S/C65H120O6/c1-4-7-10-13-16-19-22-25-27-28-29-30-31-32-33-34-35-36-38-40-43-46-49-52-55-58-64(67)70-61-62(60-69-63(66)57-54-51-48-45-42-39-24-21-18-15-12-9-6-3)71-65(68)59-56-53-50-47-44-41-37-26-23-20-17-14-11-8-5-2/h8,11,17,20,26,37,62H,4-7,9-10,12-16,18-19,21-25,27-36,38-61H2,1-3H3/b11-8-,20-17-,37-26-. The molecule has 0 aliphatic rings. The highest BCUT2D eigenvalue weighted by Crippen LogP contribution is 2.18. The average Bonchev–Trinajstić information content (AvgIpc) is 3.37. The van der Waals surface area contributed by atoms with Gasteiger partial charge in [-0.05, 0) is 51.4 Å². The van der Waals surface area contributed by atoms with Crippen molar-refractivity contribution in [3.8, 4) is 0 Å². The lowest BCUT2D eigenvalue weighted by Gasteiger charge is -2.18. The number of esters is 3. The Morgan fingerprint density at radius 2 is 0.549 bits per heavy atom. The lowest BCUT2D eigenvalue weighted by Crippen LogP contribution is -2.30. The summed E-state index contributed by atoms with van der Waals surface area (Å²) in [7, 11) is 0. The quantitative estimate of drug-likeness (QED) is 0.0261. The zero-order valence-electron chi connectivity index (χ0n) is 47.8. The molecule has 0 saturated carbocycles. The van der Waals surface area contributed by atoms with Gasteiger partial charge in [0.1, 0.15) is 13.2 Å². The first-order valence-electron chi connectivity index (χ1n) is 31.5. The van der Waals surface area contributed by atoms with Gasteiger partial charge in [-0.25, -0.2) is 0 Å². The van der Waals surface area contributed by atoms with E-state index in [1.54, 1.807) is 0 Å². The molecule has 0 saturated heterocycles. The van der Waals surface area contributed by atoms with Crippen molar-refractivity contribution < 1.29 is 28.6 Å². The van der Waals surface area contributed by atoms with Crippen LogP contribution >= 0.6 is 0 Å². The van der Waals surface area contributed by atoms with Gasteiger partial charge in [0.15, 0.2) is 6.10 Å². The molecule has 416 valence electrons. The fraction of sp³-hybridized carbons (Fsp3) is 0.862. The number of rotatable bonds is 58. The smallest absolute Gasteiger partial charge is 0.306 e. The SMILES string of the molecule is CC/C=C\C/C=C\C/C=C\CCCCCCCC(=O)OC(COC(=O)CCCCCCCCCCCCCCC)COC(=O)CCCCCCCCCCCCCCCCCCCCCCCCCCC. The van der Waals surface area contributed by atoms with E-state index in [0.717, 1.165) is 96.3 Å². The Labute approximate surface area is 442 Å². The van der Waals surface area contributed by atoms with Crippen molar-refractivity contribution in [3.05, 3.63) is 36.5 Å². The minimum absolute atomic E-state index is 0.0742. The van der Waals surface area contributed by atoms with Crippen LogP contribution in [-0.2, 0) is 28.6 Å². The van der Waals surface area contributed by atoms with Gasteiger partial charge in [-0.1, -0.05) is 308 Å². The molecule has 71 heavy (non-hydrogen) atoms. The van der Waals surface area contributed by atoms with Crippen LogP contribution in [0.5, 0.6) is 0 Å². The molecule has 6 heteroatoms. The molecule has 1 unspecified atom stereocenters. The highest BCUT2D eigenvalue weighted by atomic mass is 16.6. The van der Waals surface area contributed by atoms with Crippen LogP contribution in [0.15, 0.2) is 36.5 Å². The largest absolute Gasteiger partial charge is 0.462 e. The maximum Gasteiger partial charge on any atom is 0.306 e. The first kappa shape index (κ1) is 68.6. The van der Waals surface area contributed by atoms with E-state index in [4.69, 9.17) is 14.2 Å². The third-order valence-electron chi connectivity index (χ3n) is 14.2. The molecule has 0 aliphatic heterocycles. The summed E-state index contributed by atoms with van der Waals surface area (Å²) in [4.78, 5) is 38.2. The van der Waals surface area contributed by atoms with Crippen molar-refractivity contribution in [2.45, 2.75) is 348 Å². The molecular formula is C65H120O6. The molecule has 1 atom stereocenters. The lowest BCUT2D eigenvalue weighted by molar-refractivity contribution is -0.167. The third kappa shape index (κ3) is 58.4.